The van der Waals surface area contributed by atoms with Crippen LogP contribution in [0, 0.1) is 11.3 Å². The molecule has 0 aliphatic carbocycles. The van der Waals surface area contributed by atoms with E-state index >= 15 is 0 Å². The first-order chi connectivity index (χ1) is 7.80. The molecule has 1 unspecified atom stereocenters. The van der Waals surface area contributed by atoms with E-state index in [2.05, 4.69) is 5.32 Å². The third kappa shape index (κ3) is 4.00. The van der Waals surface area contributed by atoms with Crippen molar-refractivity contribution in [2.75, 3.05) is 6.54 Å². The van der Waals surface area contributed by atoms with Crippen LogP contribution < -0.4 is 11.1 Å². The summed E-state index contributed by atoms with van der Waals surface area (Å²) < 4.78 is 0. The molecule has 0 rings (SSSR count). The third-order valence-electron chi connectivity index (χ3n) is 3.43. The number of amides is 1. The van der Waals surface area contributed by atoms with Crippen molar-refractivity contribution in [1.82, 2.24) is 5.32 Å². The highest BCUT2D eigenvalue weighted by Crippen LogP contribution is 2.25. The molecule has 0 aromatic heterocycles. The highest BCUT2D eigenvalue weighted by atomic mass is 16.4. The van der Waals surface area contributed by atoms with E-state index in [0.717, 1.165) is 0 Å². The standard InChI is InChI=1S/C12H24N2O3/c1-5-12(6-2,11(16)17)7-14-10(15)9(13)8(3)4/h8-9H,5-7,13H2,1-4H3,(H,14,15)(H,16,17). The normalized spacial score (nSPS) is 13.5. The van der Waals surface area contributed by atoms with E-state index in [4.69, 9.17) is 5.73 Å². The molecule has 5 nitrogen and oxygen atoms in total. The van der Waals surface area contributed by atoms with Crippen LogP contribution in [0.3, 0.4) is 0 Å². The number of carboxylic acid groups (broad SMARTS) is 1. The summed E-state index contributed by atoms with van der Waals surface area (Å²) in [4.78, 5) is 22.9. The molecule has 0 aliphatic rings. The number of carboxylic acids is 1. The average Bonchev–Trinajstić information content (AvgIpc) is 2.29. The lowest BCUT2D eigenvalue weighted by atomic mass is 9.82. The molecule has 1 atom stereocenters. The molecular formula is C12H24N2O3. The lowest BCUT2D eigenvalue weighted by molar-refractivity contribution is -0.149. The Labute approximate surface area is 103 Å². The molecule has 5 heteroatoms. The van der Waals surface area contributed by atoms with E-state index in [9.17, 15) is 14.7 Å². The third-order valence-corrected chi connectivity index (χ3v) is 3.43. The first-order valence-corrected chi connectivity index (χ1v) is 6.07. The summed E-state index contributed by atoms with van der Waals surface area (Å²) in [6.07, 6.45) is 0.964. The smallest absolute Gasteiger partial charge is 0.311 e. The Kier molecular flexibility index (Phi) is 6.16. The monoisotopic (exact) mass is 244 g/mol. The molecule has 0 fully saturated rings. The number of rotatable bonds is 7. The van der Waals surface area contributed by atoms with Gasteiger partial charge in [0.05, 0.1) is 11.5 Å². The van der Waals surface area contributed by atoms with Gasteiger partial charge in [-0.25, -0.2) is 0 Å². The van der Waals surface area contributed by atoms with Crippen LogP contribution in [-0.2, 0) is 9.59 Å². The molecule has 17 heavy (non-hydrogen) atoms. The molecule has 0 aromatic rings. The summed E-state index contributed by atoms with van der Waals surface area (Å²) in [7, 11) is 0. The van der Waals surface area contributed by atoms with E-state index < -0.39 is 17.4 Å². The molecule has 0 aliphatic heterocycles. The topological polar surface area (TPSA) is 92.4 Å². The molecule has 100 valence electrons. The van der Waals surface area contributed by atoms with E-state index in [-0.39, 0.29) is 18.4 Å². The van der Waals surface area contributed by atoms with Crippen LogP contribution in [-0.4, -0.2) is 29.6 Å². The van der Waals surface area contributed by atoms with Gasteiger partial charge in [-0.05, 0) is 18.8 Å². The van der Waals surface area contributed by atoms with Gasteiger partial charge in [0.25, 0.3) is 0 Å². The van der Waals surface area contributed by atoms with Crippen LogP contribution in [0.2, 0.25) is 0 Å². The second kappa shape index (κ2) is 6.59. The zero-order chi connectivity index (χ0) is 13.6. The summed E-state index contributed by atoms with van der Waals surface area (Å²) in [6, 6.07) is -0.588. The van der Waals surface area contributed by atoms with Gasteiger partial charge in [0.1, 0.15) is 0 Å². The van der Waals surface area contributed by atoms with Gasteiger partial charge < -0.3 is 16.2 Å². The fraction of sp³-hybridized carbons (Fsp3) is 0.833. The Morgan fingerprint density at radius 3 is 2.06 bits per heavy atom. The fourth-order valence-corrected chi connectivity index (χ4v) is 1.55. The van der Waals surface area contributed by atoms with Crippen molar-refractivity contribution in [1.29, 1.82) is 0 Å². The maximum Gasteiger partial charge on any atom is 0.311 e. The maximum atomic E-state index is 11.7. The van der Waals surface area contributed by atoms with Gasteiger partial charge in [-0.1, -0.05) is 27.7 Å². The van der Waals surface area contributed by atoms with Gasteiger partial charge in [0, 0.05) is 6.54 Å². The lowest BCUT2D eigenvalue weighted by Gasteiger charge is -2.28. The first kappa shape index (κ1) is 15.9. The number of nitrogens with one attached hydrogen (secondary N) is 1. The maximum absolute atomic E-state index is 11.7. The number of hydrogen-bond acceptors (Lipinski definition) is 3. The molecular weight excluding hydrogens is 220 g/mol. The fourth-order valence-electron chi connectivity index (χ4n) is 1.55. The summed E-state index contributed by atoms with van der Waals surface area (Å²) in [6.45, 7) is 7.47. The van der Waals surface area contributed by atoms with Crippen LogP contribution >= 0.6 is 0 Å². The van der Waals surface area contributed by atoms with Crippen molar-refractivity contribution in [3.8, 4) is 0 Å². The Morgan fingerprint density at radius 2 is 1.76 bits per heavy atom. The van der Waals surface area contributed by atoms with Crippen LogP contribution in [0.4, 0.5) is 0 Å². The Balaban J connectivity index is 4.52. The SMILES string of the molecule is CCC(CC)(CNC(=O)C(N)C(C)C)C(=O)O. The van der Waals surface area contributed by atoms with Gasteiger partial charge in [-0.2, -0.15) is 0 Å². The molecule has 0 spiro atoms. The summed E-state index contributed by atoms with van der Waals surface area (Å²) >= 11 is 0. The molecule has 4 N–H and O–H groups in total. The highest BCUT2D eigenvalue weighted by Gasteiger charge is 2.35. The van der Waals surface area contributed by atoms with Crippen molar-refractivity contribution in [3.63, 3.8) is 0 Å². The minimum absolute atomic E-state index is 0.0393. The van der Waals surface area contributed by atoms with E-state index in [0.29, 0.717) is 12.8 Å². The van der Waals surface area contributed by atoms with Crippen molar-refractivity contribution in [2.24, 2.45) is 17.1 Å². The van der Waals surface area contributed by atoms with Crippen LogP contribution in [0.5, 0.6) is 0 Å². The molecule has 0 saturated carbocycles. The van der Waals surface area contributed by atoms with Crippen molar-refractivity contribution in [2.45, 2.75) is 46.6 Å². The number of hydrogen-bond donors (Lipinski definition) is 3. The molecule has 1 amide bonds. The van der Waals surface area contributed by atoms with Gasteiger partial charge in [0.15, 0.2) is 0 Å². The second-order valence-electron chi connectivity index (χ2n) is 4.78. The Bertz CT molecular complexity index is 273. The molecule has 0 heterocycles. The second-order valence-corrected chi connectivity index (χ2v) is 4.78. The number of carbonyl (C=O) groups excluding carboxylic acids is 1. The van der Waals surface area contributed by atoms with Crippen LogP contribution in [0.1, 0.15) is 40.5 Å². The van der Waals surface area contributed by atoms with Crippen LogP contribution in [0.15, 0.2) is 0 Å². The van der Waals surface area contributed by atoms with Gasteiger partial charge in [-0.3, -0.25) is 9.59 Å². The van der Waals surface area contributed by atoms with E-state index in [1.165, 1.54) is 0 Å². The van der Waals surface area contributed by atoms with Crippen molar-refractivity contribution < 1.29 is 14.7 Å². The summed E-state index contributed by atoms with van der Waals surface area (Å²) in [5, 5.41) is 11.8. The molecule has 0 radical (unpaired) electrons. The average molecular weight is 244 g/mol. The van der Waals surface area contributed by atoms with Gasteiger partial charge in [-0.15, -0.1) is 0 Å². The van der Waals surface area contributed by atoms with Crippen molar-refractivity contribution >= 4 is 11.9 Å². The number of carbonyl (C=O) groups is 2. The van der Waals surface area contributed by atoms with Crippen molar-refractivity contribution in [3.05, 3.63) is 0 Å². The Hall–Kier alpha value is -1.10. The largest absolute Gasteiger partial charge is 0.481 e. The minimum atomic E-state index is -0.883. The zero-order valence-corrected chi connectivity index (χ0v) is 11.1. The summed E-state index contributed by atoms with van der Waals surface area (Å²) in [5.74, 6) is -1.12. The summed E-state index contributed by atoms with van der Waals surface area (Å²) in [5.41, 5.74) is 4.81. The molecule has 0 saturated heterocycles. The predicted molar refractivity (Wildman–Crippen MR) is 66.5 cm³/mol. The Morgan fingerprint density at radius 1 is 1.29 bits per heavy atom. The quantitative estimate of drug-likeness (QED) is 0.622. The zero-order valence-electron chi connectivity index (χ0n) is 11.1. The highest BCUT2D eigenvalue weighted by molar-refractivity contribution is 5.83. The number of aliphatic carboxylic acids is 1. The first-order valence-electron chi connectivity index (χ1n) is 6.07. The molecule has 0 aromatic carbocycles. The van der Waals surface area contributed by atoms with E-state index in [1.54, 1.807) is 0 Å². The number of nitrogens with two attached hydrogens (primary N) is 1. The van der Waals surface area contributed by atoms with E-state index in [1.807, 2.05) is 27.7 Å². The molecule has 0 bridgehead atoms. The van der Waals surface area contributed by atoms with Crippen LogP contribution in [0.25, 0.3) is 0 Å². The minimum Gasteiger partial charge on any atom is -0.481 e. The van der Waals surface area contributed by atoms with Gasteiger partial charge >= 0.3 is 5.97 Å². The van der Waals surface area contributed by atoms with Gasteiger partial charge in [0.2, 0.25) is 5.91 Å². The lowest BCUT2D eigenvalue weighted by Crippen LogP contribution is -2.49. The predicted octanol–water partition coefficient (Wildman–Crippen LogP) is 0.977.